The Kier molecular flexibility index (Phi) is 4.73. The number of hydrogen-bond acceptors (Lipinski definition) is 4. The van der Waals surface area contributed by atoms with Gasteiger partial charge in [-0.25, -0.2) is 8.42 Å². The van der Waals surface area contributed by atoms with Crippen molar-refractivity contribution in [1.29, 1.82) is 0 Å². The van der Waals surface area contributed by atoms with Crippen molar-refractivity contribution in [3.63, 3.8) is 0 Å². The van der Waals surface area contributed by atoms with Gasteiger partial charge in [0.1, 0.15) is 0 Å². The Morgan fingerprint density at radius 3 is 2.65 bits per heavy atom. The zero-order chi connectivity index (χ0) is 14.8. The Morgan fingerprint density at radius 2 is 2.05 bits per heavy atom. The van der Waals surface area contributed by atoms with Gasteiger partial charge >= 0.3 is 0 Å². The quantitative estimate of drug-likeness (QED) is 0.886. The molecule has 0 aliphatic heterocycles. The molecule has 0 saturated heterocycles. The zero-order valence-corrected chi connectivity index (χ0v) is 13.6. The van der Waals surface area contributed by atoms with Gasteiger partial charge in [-0.1, -0.05) is 30.7 Å². The molecule has 2 aromatic rings. The molecule has 1 aromatic carbocycles. The number of nitrogens with one attached hydrogen (secondary N) is 1. The van der Waals surface area contributed by atoms with Crippen LogP contribution in [0, 0.1) is 0 Å². The van der Waals surface area contributed by atoms with E-state index in [9.17, 15) is 8.42 Å². The maximum atomic E-state index is 12.1. The summed E-state index contributed by atoms with van der Waals surface area (Å²) in [5.41, 5.74) is 1.67. The van der Waals surface area contributed by atoms with Crippen LogP contribution in [0.25, 0.3) is 0 Å². The van der Waals surface area contributed by atoms with Crippen LogP contribution in [0.2, 0.25) is 4.34 Å². The third-order valence-corrected chi connectivity index (χ3v) is 5.96. The summed E-state index contributed by atoms with van der Waals surface area (Å²) in [7, 11) is -3.24. The smallest absolute Gasteiger partial charge is 0.180 e. The number of hydrogen-bond donors (Lipinski definition) is 1. The number of anilines is 1. The van der Waals surface area contributed by atoms with Crippen molar-refractivity contribution in [3.05, 3.63) is 45.6 Å². The van der Waals surface area contributed by atoms with Gasteiger partial charge < -0.3 is 5.32 Å². The summed E-state index contributed by atoms with van der Waals surface area (Å²) in [6.45, 7) is 3.63. The van der Waals surface area contributed by atoms with Crippen LogP contribution in [0.5, 0.6) is 0 Å². The Balaban J connectivity index is 2.30. The first kappa shape index (κ1) is 15.4. The average Bonchev–Trinajstić information content (AvgIpc) is 2.86. The van der Waals surface area contributed by atoms with Gasteiger partial charge in [-0.3, -0.25) is 0 Å². The molecular weight excluding hydrogens is 314 g/mol. The molecule has 20 heavy (non-hydrogen) atoms. The number of thiophene rings is 1. The Hall–Kier alpha value is -1.04. The lowest BCUT2D eigenvalue weighted by Crippen LogP contribution is -2.11. The highest BCUT2D eigenvalue weighted by molar-refractivity contribution is 7.91. The Bertz CT molecular complexity index is 695. The predicted molar refractivity (Wildman–Crippen MR) is 85.5 cm³/mol. The summed E-state index contributed by atoms with van der Waals surface area (Å²) in [5.74, 6) is 0.0877. The third-order valence-electron chi connectivity index (χ3n) is 3.06. The fourth-order valence-electron chi connectivity index (χ4n) is 1.88. The first-order chi connectivity index (χ1) is 9.44. The summed E-state index contributed by atoms with van der Waals surface area (Å²) < 4.78 is 24.9. The maximum absolute atomic E-state index is 12.1. The Labute approximate surface area is 128 Å². The summed E-state index contributed by atoms with van der Waals surface area (Å²) in [4.78, 5) is 0.343. The molecule has 0 amide bonds. The molecule has 0 radical (unpaired) electrons. The van der Waals surface area contributed by atoms with E-state index in [1.807, 2.05) is 24.4 Å². The third kappa shape index (κ3) is 3.34. The van der Waals surface area contributed by atoms with Crippen LogP contribution >= 0.6 is 22.9 Å². The van der Waals surface area contributed by atoms with E-state index >= 15 is 0 Å². The monoisotopic (exact) mass is 329 g/mol. The van der Waals surface area contributed by atoms with Gasteiger partial charge in [0.05, 0.1) is 20.7 Å². The maximum Gasteiger partial charge on any atom is 0.180 e. The lowest BCUT2D eigenvalue weighted by atomic mass is 10.1. The van der Waals surface area contributed by atoms with Crippen molar-refractivity contribution in [1.82, 2.24) is 0 Å². The molecule has 0 fully saturated rings. The van der Waals surface area contributed by atoms with Gasteiger partial charge in [0.25, 0.3) is 0 Å². The lowest BCUT2D eigenvalue weighted by molar-refractivity contribution is 0.597. The van der Waals surface area contributed by atoms with E-state index in [4.69, 9.17) is 11.6 Å². The summed E-state index contributed by atoms with van der Waals surface area (Å²) in [5, 5.41) is 5.22. The average molecular weight is 330 g/mol. The van der Waals surface area contributed by atoms with Crippen LogP contribution in [-0.4, -0.2) is 14.2 Å². The highest BCUT2D eigenvalue weighted by atomic mass is 35.5. The fourth-order valence-corrected chi connectivity index (χ4v) is 3.92. The highest BCUT2D eigenvalue weighted by Crippen LogP contribution is 2.29. The molecule has 0 aliphatic rings. The van der Waals surface area contributed by atoms with Gasteiger partial charge in [0.15, 0.2) is 9.84 Å². The second kappa shape index (κ2) is 6.16. The molecule has 1 unspecified atom stereocenters. The first-order valence-corrected chi connectivity index (χ1v) is 9.17. The topological polar surface area (TPSA) is 46.2 Å². The molecule has 1 aromatic heterocycles. The van der Waals surface area contributed by atoms with E-state index in [1.54, 1.807) is 25.1 Å². The minimum atomic E-state index is -3.24. The molecule has 1 heterocycles. The van der Waals surface area contributed by atoms with Gasteiger partial charge in [-0.15, -0.1) is 11.3 Å². The minimum absolute atomic E-state index is 0.00745. The molecule has 1 N–H and O–H groups in total. The van der Waals surface area contributed by atoms with E-state index in [0.29, 0.717) is 10.6 Å². The normalized spacial score (nSPS) is 13.2. The van der Waals surface area contributed by atoms with Crippen molar-refractivity contribution in [2.75, 3.05) is 11.1 Å². The second-order valence-corrected chi connectivity index (χ2v) is 8.24. The molecule has 108 valence electrons. The van der Waals surface area contributed by atoms with Gasteiger partial charge in [0, 0.05) is 6.04 Å². The van der Waals surface area contributed by atoms with E-state index in [-0.39, 0.29) is 11.8 Å². The summed E-state index contributed by atoms with van der Waals surface area (Å²) >= 11 is 7.39. The molecule has 0 aliphatic carbocycles. The van der Waals surface area contributed by atoms with Crippen LogP contribution in [0.1, 0.15) is 25.5 Å². The molecular formula is C14H16ClNO2S2. The van der Waals surface area contributed by atoms with Crippen molar-refractivity contribution < 1.29 is 8.42 Å². The molecule has 2 rings (SSSR count). The predicted octanol–water partition coefficient (Wildman–Crippen LogP) is 4.37. The molecule has 0 bridgehead atoms. The molecule has 0 saturated carbocycles. The van der Waals surface area contributed by atoms with Crippen molar-refractivity contribution in [2.24, 2.45) is 0 Å². The standard InChI is InChI=1S/C14H16ClNO2S2/c1-3-20(17,18)13-7-5-4-6-12(13)16-10(2)11-8-14(15)19-9-11/h4-10,16H,3H2,1-2H3. The fraction of sp³-hybridized carbons (Fsp3) is 0.286. The molecule has 6 heteroatoms. The second-order valence-electron chi connectivity index (χ2n) is 4.45. The van der Waals surface area contributed by atoms with Crippen LogP contribution < -0.4 is 5.32 Å². The van der Waals surface area contributed by atoms with Crippen molar-refractivity contribution in [3.8, 4) is 0 Å². The summed E-state index contributed by atoms with van der Waals surface area (Å²) in [6, 6.07) is 8.86. The van der Waals surface area contributed by atoms with E-state index < -0.39 is 9.84 Å². The number of halogens is 1. The number of sulfone groups is 1. The van der Waals surface area contributed by atoms with Crippen LogP contribution in [0.3, 0.4) is 0 Å². The minimum Gasteiger partial charge on any atom is -0.377 e. The van der Waals surface area contributed by atoms with Crippen LogP contribution in [-0.2, 0) is 9.84 Å². The van der Waals surface area contributed by atoms with E-state index in [2.05, 4.69) is 5.32 Å². The molecule has 1 atom stereocenters. The molecule has 0 spiro atoms. The van der Waals surface area contributed by atoms with E-state index in [0.717, 1.165) is 9.90 Å². The highest BCUT2D eigenvalue weighted by Gasteiger charge is 2.17. The van der Waals surface area contributed by atoms with Gasteiger partial charge in [-0.05, 0) is 36.1 Å². The zero-order valence-electron chi connectivity index (χ0n) is 11.3. The van der Waals surface area contributed by atoms with Crippen molar-refractivity contribution >= 4 is 38.5 Å². The first-order valence-electron chi connectivity index (χ1n) is 6.26. The van der Waals surface area contributed by atoms with Crippen LogP contribution in [0.15, 0.2) is 40.6 Å². The number of para-hydroxylation sites is 1. The van der Waals surface area contributed by atoms with E-state index in [1.165, 1.54) is 11.3 Å². The van der Waals surface area contributed by atoms with Crippen LogP contribution in [0.4, 0.5) is 5.69 Å². The number of rotatable bonds is 5. The number of benzene rings is 1. The van der Waals surface area contributed by atoms with Gasteiger partial charge in [-0.2, -0.15) is 0 Å². The summed E-state index contributed by atoms with van der Waals surface area (Å²) in [6.07, 6.45) is 0. The Morgan fingerprint density at radius 1 is 1.35 bits per heavy atom. The lowest BCUT2D eigenvalue weighted by Gasteiger charge is -2.17. The SMILES string of the molecule is CCS(=O)(=O)c1ccccc1NC(C)c1csc(Cl)c1. The largest absolute Gasteiger partial charge is 0.377 e. The molecule has 3 nitrogen and oxygen atoms in total. The van der Waals surface area contributed by atoms with Gasteiger partial charge in [0.2, 0.25) is 0 Å². The van der Waals surface area contributed by atoms with Crippen molar-refractivity contribution in [2.45, 2.75) is 24.8 Å².